The summed E-state index contributed by atoms with van der Waals surface area (Å²) in [5, 5.41) is 5.22. The Labute approximate surface area is 117 Å². The van der Waals surface area contributed by atoms with Gasteiger partial charge in [-0.15, -0.1) is 0 Å². The maximum atomic E-state index is 13.6. The van der Waals surface area contributed by atoms with Crippen LogP contribution >= 0.6 is 15.9 Å². The van der Waals surface area contributed by atoms with Crippen LogP contribution in [0, 0.1) is 5.82 Å². The minimum absolute atomic E-state index is 0.0905. The number of carbonyl (C=O) groups excluding carboxylic acids is 1. The fraction of sp³-hybridized carbons (Fsp3) is 0.0833. The van der Waals surface area contributed by atoms with Crippen molar-refractivity contribution in [3.63, 3.8) is 0 Å². The largest absolute Gasteiger partial charge is 0.372 e. The van der Waals surface area contributed by atoms with Crippen molar-refractivity contribution in [2.24, 2.45) is 0 Å². The SMILES string of the molecule is CNc1cnc(C(=O)Nc2ccc(Br)cc2F)cn1. The maximum absolute atomic E-state index is 13.6. The molecule has 19 heavy (non-hydrogen) atoms. The molecule has 2 N–H and O–H groups in total. The Kier molecular flexibility index (Phi) is 4.06. The van der Waals surface area contributed by atoms with E-state index in [1.807, 2.05) is 0 Å². The van der Waals surface area contributed by atoms with Crippen LogP contribution in [0.4, 0.5) is 15.9 Å². The lowest BCUT2D eigenvalue weighted by Gasteiger charge is -2.06. The number of halogens is 2. The molecular formula is C12H10BrFN4O. The first kappa shape index (κ1) is 13.4. The number of benzene rings is 1. The molecule has 0 atom stereocenters. The summed E-state index contributed by atoms with van der Waals surface area (Å²) in [7, 11) is 1.70. The first-order valence-corrected chi connectivity index (χ1v) is 6.15. The van der Waals surface area contributed by atoms with E-state index in [0.29, 0.717) is 10.3 Å². The Morgan fingerprint density at radius 1 is 1.32 bits per heavy atom. The molecule has 0 radical (unpaired) electrons. The summed E-state index contributed by atoms with van der Waals surface area (Å²) < 4.78 is 14.2. The standard InChI is InChI=1S/C12H10BrFN4O/c1-15-11-6-16-10(5-17-11)12(19)18-9-3-2-7(13)4-8(9)14/h2-6H,1H3,(H,15,17)(H,18,19). The van der Waals surface area contributed by atoms with E-state index >= 15 is 0 Å². The van der Waals surface area contributed by atoms with Crippen molar-refractivity contribution < 1.29 is 9.18 Å². The topological polar surface area (TPSA) is 66.9 Å². The lowest BCUT2D eigenvalue weighted by molar-refractivity contribution is 0.102. The van der Waals surface area contributed by atoms with Crippen LogP contribution in [-0.4, -0.2) is 22.9 Å². The number of aromatic nitrogens is 2. The van der Waals surface area contributed by atoms with Gasteiger partial charge >= 0.3 is 0 Å². The first-order chi connectivity index (χ1) is 9.10. The molecule has 1 heterocycles. The molecular weight excluding hydrogens is 315 g/mol. The van der Waals surface area contributed by atoms with Crippen LogP contribution in [0.25, 0.3) is 0 Å². The van der Waals surface area contributed by atoms with E-state index < -0.39 is 11.7 Å². The van der Waals surface area contributed by atoms with Crippen molar-refractivity contribution in [3.8, 4) is 0 Å². The zero-order chi connectivity index (χ0) is 13.8. The minimum atomic E-state index is -0.525. The molecule has 2 aromatic rings. The molecule has 0 unspecified atom stereocenters. The van der Waals surface area contributed by atoms with Crippen LogP contribution in [-0.2, 0) is 0 Å². The highest BCUT2D eigenvalue weighted by Crippen LogP contribution is 2.19. The van der Waals surface area contributed by atoms with Crippen molar-refractivity contribution in [1.82, 2.24) is 9.97 Å². The number of hydrogen-bond donors (Lipinski definition) is 2. The maximum Gasteiger partial charge on any atom is 0.275 e. The van der Waals surface area contributed by atoms with E-state index in [2.05, 4.69) is 36.5 Å². The van der Waals surface area contributed by atoms with Gasteiger partial charge in [0.25, 0.3) is 5.91 Å². The van der Waals surface area contributed by atoms with Gasteiger partial charge in [0, 0.05) is 11.5 Å². The molecule has 0 aliphatic rings. The molecule has 2 rings (SSSR count). The van der Waals surface area contributed by atoms with E-state index in [9.17, 15) is 9.18 Å². The molecule has 1 aromatic heterocycles. The molecule has 1 aromatic carbocycles. The molecule has 0 aliphatic carbocycles. The Hall–Kier alpha value is -2.02. The van der Waals surface area contributed by atoms with Gasteiger partial charge in [-0.3, -0.25) is 4.79 Å². The van der Waals surface area contributed by atoms with Gasteiger partial charge in [-0.2, -0.15) is 0 Å². The third kappa shape index (κ3) is 3.25. The van der Waals surface area contributed by atoms with Crippen LogP contribution in [0.3, 0.4) is 0 Å². The lowest BCUT2D eigenvalue weighted by Crippen LogP contribution is -2.15. The molecule has 1 amide bonds. The average Bonchev–Trinajstić information content (AvgIpc) is 2.42. The van der Waals surface area contributed by atoms with Crippen LogP contribution in [0.2, 0.25) is 0 Å². The quantitative estimate of drug-likeness (QED) is 0.910. The van der Waals surface area contributed by atoms with Gasteiger partial charge in [0.15, 0.2) is 0 Å². The summed E-state index contributed by atoms with van der Waals surface area (Å²) in [6.07, 6.45) is 2.74. The summed E-state index contributed by atoms with van der Waals surface area (Å²) in [6.45, 7) is 0. The van der Waals surface area contributed by atoms with E-state index in [0.717, 1.165) is 0 Å². The highest BCUT2D eigenvalue weighted by molar-refractivity contribution is 9.10. The summed E-state index contributed by atoms with van der Waals surface area (Å²) in [5.74, 6) is -0.495. The summed E-state index contributed by atoms with van der Waals surface area (Å²) in [6, 6.07) is 4.37. The second kappa shape index (κ2) is 5.75. The van der Waals surface area contributed by atoms with Gasteiger partial charge in [0.05, 0.1) is 18.1 Å². The fourth-order valence-electron chi connectivity index (χ4n) is 1.35. The average molecular weight is 325 g/mol. The predicted molar refractivity (Wildman–Crippen MR) is 73.6 cm³/mol. The Morgan fingerprint density at radius 2 is 2.11 bits per heavy atom. The Bertz CT molecular complexity index is 603. The fourth-order valence-corrected chi connectivity index (χ4v) is 1.68. The second-order valence-corrected chi connectivity index (χ2v) is 4.53. The molecule has 0 saturated heterocycles. The molecule has 5 nitrogen and oxygen atoms in total. The predicted octanol–water partition coefficient (Wildman–Crippen LogP) is 2.67. The molecule has 0 fully saturated rings. The van der Waals surface area contributed by atoms with Crippen LogP contribution in [0.1, 0.15) is 10.5 Å². The van der Waals surface area contributed by atoms with Crippen molar-refractivity contribution in [3.05, 3.63) is 46.6 Å². The van der Waals surface area contributed by atoms with Gasteiger partial charge in [-0.25, -0.2) is 14.4 Å². The van der Waals surface area contributed by atoms with Crippen LogP contribution < -0.4 is 10.6 Å². The molecule has 7 heteroatoms. The smallest absolute Gasteiger partial charge is 0.275 e. The molecule has 98 valence electrons. The number of carbonyl (C=O) groups is 1. The Morgan fingerprint density at radius 3 is 2.68 bits per heavy atom. The molecule has 0 bridgehead atoms. The lowest BCUT2D eigenvalue weighted by atomic mass is 10.3. The van der Waals surface area contributed by atoms with Gasteiger partial charge in [0.1, 0.15) is 17.3 Å². The molecule has 0 spiro atoms. The van der Waals surface area contributed by atoms with Crippen LogP contribution in [0.5, 0.6) is 0 Å². The zero-order valence-corrected chi connectivity index (χ0v) is 11.5. The summed E-state index contributed by atoms with van der Waals surface area (Å²) in [4.78, 5) is 19.7. The summed E-state index contributed by atoms with van der Waals surface area (Å²) >= 11 is 3.14. The van der Waals surface area contributed by atoms with E-state index in [-0.39, 0.29) is 11.4 Å². The number of hydrogen-bond acceptors (Lipinski definition) is 4. The van der Waals surface area contributed by atoms with Gasteiger partial charge < -0.3 is 10.6 Å². The number of amides is 1. The number of anilines is 2. The third-order valence-electron chi connectivity index (χ3n) is 2.32. The molecule has 0 aliphatic heterocycles. The van der Waals surface area contributed by atoms with Crippen molar-refractivity contribution in [2.45, 2.75) is 0 Å². The second-order valence-electron chi connectivity index (χ2n) is 3.62. The number of nitrogens with zero attached hydrogens (tertiary/aromatic N) is 2. The highest BCUT2D eigenvalue weighted by atomic mass is 79.9. The van der Waals surface area contributed by atoms with E-state index in [1.165, 1.54) is 24.5 Å². The zero-order valence-electron chi connectivity index (χ0n) is 9.95. The van der Waals surface area contributed by atoms with Gasteiger partial charge in [-0.1, -0.05) is 15.9 Å². The highest BCUT2D eigenvalue weighted by Gasteiger charge is 2.11. The first-order valence-electron chi connectivity index (χ1n) is 5.36. The normalized spacial score (nSPS) is 10.1. The number of rotatable bonds is 3. The van der Waals surface area contributed by atoms with Crippen LogP contribution in [0.15, 0.2) is 35.1 Å². The van der Waals surface area contributed by atoms with E-state index in [1.54, 1.807) is 13.1 Å². The van der Waals surface area contributed by atoms with Crippen molar-refractivity contribution in [1.29, 1.82) is 0 Å². The van der Waals surface area contributed by atoms with Crippen molar-refractivity contribution >= 4 is 33.3 Å². The Balaban J connectivity index is 2.15. The monoisotopic (exact) mass is 324 g/mol. The third-order valence-corrected chi connectivity index (χ3v) is 2.81. The van der Waals surface area contributed by atoms with Gasteiger partial charge in [-0.05, 0) is 18.2 Å². The minimum Gasteiger partial charge on any atom is -0.372 e. The summed E-state index contributed by atoms with van der Waals surface area (Å²) in [5.41, 5.74) is 0.203. The van der Waals surface area contributed by atoms with E-state index in [4.69, 9.17) is 0 Å². The van der Waals surface area contributed by atoms with Crippen molar-refractivity contribution in [2.75, 3.05) is 17.7 Å². The van der Waals surface area contributed by atoms with Gasteiger partial charge in [0.2, 0.25) is 0 Å². The number of nitrogens with one attached hydrogen (secondary N) is 2. The molecule has 0 saturated carbocycles.